The van der Waals surface area contributed by atoms with Crippen LogP contribution in [-0.2, 0) is 12.1 Å². The van der Waals surface area contributed by atoms with Gasteiger partial charge in [-0.3, -0.25) is 0 Å². The van der Waals surface area contributed by atoms with Crippen LogP contribution in [0.4, 0.5) is 5.69 Å². The van der Waals surface area contributed by atoms with Crippen LogP contribution in [0.2, 0.25) is 0 Å². The van der Waals surface area contributed by atoms with E-state index in [0.717, 1.165) is 49.2 Å². The first-order chi connectivity index (χ1) is 12.7. The van der Waals surface area contributed by atoms with Crippen molar-refractivity contribution in [2.24, 2.45) is 0 Å². The van der Waals surface area contributed by atoms with Gasteiger partial charge in [-0.15, -0.1) is 0 Å². The van der Waals surface area contributed by atoms with Crippen LogP contribution >= 0.6 is 0 Å². The topological polar surface area (TPSA) is 35.7 Å². The van der Waals surface area contributed by atoms with E-state index in [9.17, 15) is 5.11 Å². The Bertz CT molecular complexity index is 828. The fourth-order valence-corrected chi connectivity index (χ4v) is 4.22. The van der Waals surface area contributed by atoms with E-state index in [1.165, 1.54) is 11.4 Å². The number of nitrogens with zero attached hydrogens (tertiary/aromatic N) is 2. The van der Waals surface area contributed by atoms with Gasteiger partial charge in [-0.2, -0.15) is 0 Å². The van der Waals surface area contributed by atoms with Crippen molar-refractivity contribution in [1.82, 2.24) is 0 Å². The first-order valence-electron chi connectivity index (χ1n) is 9.53. The molecule has 136 valence electrons. The zero-order chi connectivity index (χ0) is 18.1. The highest BCUT2D eigenvalue weighted by Gasteiger charge is 2.52. The molecule has 1 N–H and O–H groups in total. The number of amidine groups is 1. The molecule has 26 heavy (non-hydrogen) atoms. The van der Waals surface area contributed by atoms with Crippen molar-refractivity contribution in [3.63, 3.8) is 0 Å². The Morgan fingerprint density at radius 1 is 1.12 bits per heavy atom. The van der Waals surface area contributed by atoms with Gasteiger partial charge in [0, 0.05) is 12.0 Å². The number of aliphatic hydroxyl groups is 1. The van der Waals surface area contributed by atoms with E-state index in [-0.39, 0.29) is 0 Å². The molecule has 2 aromatic carbocycles. The molecular weight excluding hydrogens is 324 g/mol. The summed E-state index contributed by atoms with van der Waals surface area (Å²) in [7, 11) is 1.70. The molecule has 4 heteroatoms. The van der Waals surface area contributed by atoms with Crippen LogP contribution in [0.5, 0.6) is 5.75 Å². The predicted octanol–water partition coefficient (Wildman–Crippen LogP) is 3.52. The van der Waals surface area contributed by atoms with Crippen molar-refractivity contribution in [3.05, 3.63) is 59.7 Å². The van der Waals surface area contributed by atoms with E-state index in [2.05, 4.69) is 46.7 Å². The minimum atomic E-state index is -0.997. The van der Waals surface area contributed by atoms with Crippen molar-refractivity contribution >= 4 is 11.5 Å². The zero-order valence-electron chi connectivity index (χ0n) is 15.6. The molecule has 0 saturated heterocycles. The minimum absolute atomic E-state index is 0.522. The lowest BCUT2D eigenvalue weighted by Gasteiger charge is -2.24. The number of β-amino-alcohol motifs (C(OH)–C–C–N with tert-alkyl or cyclic N) is 1. The van der Waals surface area contributed by atoms with Crippen molar-refractivity contribution in [1.29, 1.82) is 0 Å². The van der Waals surface area contributed by atoms with Crippen molar-refractivity contribution in [2.75, 3.05) is 25.1 Å². The number of rotatable bonds is 4. The number of aryl methyl sites for hydroxylation is 1. The minimum Gasteiger partial charge on any atom is -0.492 e. The van der Waals surface area contributed by atoms with Crippen LogP contribution in [0.15, 0.2) is 48.5 Å². The Morgan fingerprint density at radius 2 is 1.88 bits per heavy atom. The SMILES string of the molecule is CCc1ccc([C@@]2(O)CN(c3ccccc3OC)C3=[N+]2CCCC3)cc1. The van der Waals surface area contributed by atoms with Crippen LogP contribution in [0.1, 0.15) is 37.3 Å². The van der Waals surface area contributed by atoms with Crippen molar-refractivity contribution in [3.8, 4) is 5.75 Å². The van der Waals surface area contributed by atoms with Gasteiger partial charge in [-0.25, -0.2) is 9.48 Å². The molecule has 2 aliphatic rings. The van der Waals surface area contributed by atoms with Gasteiger partial charge >= 0.3 is 0 Å². The van der Waals surface area contributed by atoms with E-state index in [0.29, 0.717) is 6.54 Å². The Hall–Kier alpha value is -2.33. The standard InChI is InChI=1S/C22H27N2O2/c1-3-17-11-13-18(14-12-17)22(25)16-23(21-10-6-7-15-24(21)22)19-8-4-5-9-20(19)26-2/h4-5,8-9,11-14,25H,3,6-7,10,15-16H2,1-2H3/q+1/t22-/m0/s1. The monoisotopic (exact) mass is 351 g/mol. The van der Waals surface area contributed by atoms with Crippen LogP contribution in [-0.4, -0.2) is 35.7 Å². The first-order valence-corrected chi connectivity index (χ1v) is 9.53. The third kappa shape index (κ3) is 2.69. The quantitative estimate of drug-likeness (QED) is 0.856. The summed E-state index contributed by atoms with van der Waals surface area (Å²) in [6.45, 7) is 3.56. The molecule has 0 amide bonds. The molecule has 4 rings (SSSR count). The van der Waals surface area contributed by atoms with Gasteiger partial charge in [0.2, 0.25) is 0 Å². The van der Waals surface area contributed by atoms with E-state index in [1.54, 1.807) is 7.11 Å². The maximum absolute atomic E-state index is 11.7. The average Bonchev–Trinajstić information content (AvgIpc) is 3.02. The van der Waals surface area contributed by atoms with E-state index in [4.69, 9.17) is 4.74 Å². The van der Waals surface area contributed by atoms with E-state index in [1.807, 2.05) is 18.2 Å². The second-order valence-corrected chi connectivity index (χ2v) is 7.15. The van der Waals surface area contributed by atoms with Gasteiger partial charge in [0.15, 0.2) is 18.0 Å². The number of hydrogen-bond acceptors (Lipinski definition) is 3. The Kier molecular flexibility index (Phi) is 4.45. The fraction of sp³-hybridized carbons (Fsp3) is 0.409. The molecule has 0 spiro atoms. The summed E-state index contributed by atoms with van der Waals surface area (Å²) in [5, 5.41) is 11.7. The van der Waals surface area contributed by atoms with Gasteiger partial charge < -0.3 is 9.84 Å². The molecular formula is C22H27N2O2+. The van der Waals surface area contributed by atoms with E-state index >= 15 is 0 Å². The van der Waals surface area contributed by atoms with Gasteiger partial charge in [0.25, 0.3) is 11.6 Å². The normalized spacial score (nSPS) is 22.5. The first kappa shape index (κ1) is 17.1. The molecule has 4 nitrogen and oxygen atoms in total. The molecule has 0 bridgehead atoms. The molecule has 0 unspecified atom stereocenters. The van der Waals surface area contributed by atoms with E-state index < -0.39 is 5.72 Å². The highest BCUT2D eigenvalue weighted by atomic mass is 16.5. The number of methoxy groups -OCH3 is 1. The third-order valence-corrected chi connectivity index (χ3v) is 5.68. The van der Waals surface area contributed by atoms with Crippen LogP contribution in [0, 0.1) is 0 Å². The average molecular weight is 351 g/mol. The summed E-state index contributed by atoms with van der Waals surface area (Å²) in [4.78, 5) is 2.24. The largest absolute Gasteiger partial charge is 0.492 e. The smallest absolute Gasteiger partial charge is 0.271 e. The third-order valence-electron chi connectivity index (χ3n) is 5.68. The molecule has 2 heterocycles. The van der Waals surface area contributed by atoms with Crippen LogP contribution in [0.3, 0.4) is 0 Å². The molecule has 0 fully saturated rings. The fourth-order valence-electron chi connectivity index (χ4n) is 4.22. The van der Waals surface area contributed by atoms with Gasteiger partial charge in [0.1, 0.15) is 0 Å². The van der Waals surface area contributed by atoms with Crippen LogP contribution in [0.25, 0.3) is 0 Å². The molecule has 0 aromatic heterocycles. The maximum Gasteiger partial charge on any atom is 0.271 e. The molecule has 0 aliphatic carbocycles. The molecule has 0 saturated carbocycles. The number of para-hydroxylation sites is 2. The van der Waals surface area contributed by atoms with Crippen LogP contribution < -0.4 is 9.64 Å². The maximum atomic E-state index is 11.7. The summed E-state index contributed by atoms with van der Waals surface area (Å²) < 4.78 is 7.78. The Morgan fingerprint density at radius 3 is 2.62 bits per heavy atom. The highest BCUT2D eigenvalue weighted by Crippen LogP contribution is 2.38. The number of ether oxygens (including phenoxy) is 1. The summed E-state index contributed by atoms with van der Waals surface area (Å²) in [5.41, 5.74) is 2.28. The van der Waals surface area contributed by atoms with Gasteiger partial charge in [-0.1, -0.05) is 43.3 Å². The van der Waals surface area contributed by atoms with Gasteiger partial charge in [0.05, 0.1) is 13.7 Å². The zero-order valence-corrected chi connectivity index (χ0v) is 15.6. The summed E-state index contributed by atoms with van der Waals surface area (Å²) >= 11 is 0. The summed E-state index contributed by atoms with van der Waals surface area (Å²) in [6, 6.07) is 16.5. The Labute approximate surface area is 155 Å². The lowest BCUT2D eigenvalue weighted by molar-refractivity contribution is -0.661. The number of anilines is 1. The predicted molar refractivity (Wildman–Crippen MR) is 104 cm³/mol. The van der Waals surface area contributed by atoms with Crippen molar-refractivity contribution < 1.29 is 14.4 Å². The molecule has 1 atom stereocenters. The molecule has 2 aromatic rings. The molecule has 0 radical (unpaired) electrons. The van der Waals surface area contributed by atoms with Crippen molar-refractivity contribution in [2.45, 2.75) is 38.3 Å². The second kappa shape index (κ2) is 6.76. The second-order valence-electron chi connectivity index (χ2n) is 7.15. The highest BCUT2D eigenvalue weighted by molar-refractivity contribution is 5.97. The summed E-state index contributed by atoms with van der Waals surface area (Å²) in [6.07, 6.45) is 4.25. The molecule has 2 aliphatic heterocycles. The summed E-state index contributed by atoms with van der Waals surface area (Å²) in [5.74, 6) is 2.04. The Balaban J connectivity index is 1.79. The number of benzene rings is 2. The lowest BCUT2D eigenvalue weighted by atomic mass is 9.99. The number of hydrogen-bond donors (Lipinski definition) is 1. The lowest BCUT2D eigenvalue weighted by Crippen LogP contribution is -2.41. The van der Waals surface area contributed by atoms with Gasteiger partial charge in [-0.05, 0) is 37.0 Å².